The molecule has 2 N–H and O–H groups in total. The van der Waals surface area contributed by atoms with Crippen molar-refractivity contribution >= 4 is 11.9 Å². The summed E-state index contributed by atoms with van der Waals surface area (Å²) in [5, 5.41) is 19.8. The first-order valence-corrected chi connectivity index (χ1v) is 20.2. The Balaban J connectivity index is 1.58. The molecule has 2 unspecified atom stereocenters. The van der Waals surface area contributed by atoms with Crippen LogP contribution in [0.1, 0.15) is 168 Å². The van der Waals surface area contributed by atoms with Crippen LogP contribution < -0.4 is 0 Å². The summed E-state index contributed by atoms with van der Waals surface area (Å²) in [5.74, 6) is -0.310. The van der Waals surface area contributed by atoms with Crippen molar-refractivity contribution in [2.24, 2.45) is 0 Å². The average molecular weight is 683 g/mol. The summed E-state index contributed by atoms with van der Waals surface area (Å²) < 4.78 is 17.1. The van der Waals surface area contributed by atoms with Gasteiger partial charge in [0, 0.05) is 45.6 Å². The molecule has 9 nitrogen and oxygen atoms in total. The highest BCUT2D eigenvalue weighted by molar-refractivity contribution is 5.69. The minimum Gasteiger partial charge on any atom is -0.464 e. The van der Waals surface area contributed by atoms with Gasteiger partial charge in [-0.25, -0.2) is 0 Å². The van der Waals surface area contributed by atoms with E-state index in [1.54, 1.807) is 0 Å². The lowest BCUT2D eigenvalue weighted by atomic mass is 10.1. The highest BCUT2D eigenvalue weighted by Gasteiger charge is 2.45. The molecule has 0 aromatic carbocycles. The Morgan fingerprint density at radius 3 is 1.33 bits per heavy atom. The summed E-state index contributed by atoms with van der Waals surface area (Å²) in [6.07, 6.45) is 26.7. The molecular formula is C39H74N2O7. The van der Waals surface area contributed by atoms with Crippen LogP contribution in [0.3, 0.4) is 0 Å². The molecule has 2 rings (SSSR count). The molecule has 2 saturated heterocycles. The molecule has 282 valence electrons. The van der Waals surface area contributed by atoms with E-state index in [9.17, 15) is 19.8 Å². The van der Waals surface area contributed by atoms with Crippen molar-refractivity contribution in [3.05, 3.63) is 0 Å². The van der Waals surface area contributed by atoms with E-state index in [1.807, 2.05) is 4.90 Å². The number of carbonyl (C=O) groups is 2. The minimum absolute atomic E-state index is 0.0541. The lowest BCUT2D eigenvalue weighted by molar-refractivity contribution is -0.144. The van der Waals surface area contributed by atoms with Gasteiger partial charge in [0.15, 0.2) is 0 Å². The Hall–Kier alpha value is -1.26. The number of unbranched alkanes of at least 4 members (excludes halogenated alkanes) is 20. The predicted octanol–water partition coefficient (Wildman–Crippen LogP) is 7.54. The maximum Gasteiger partial charge on any atom is 0.305 e. The van der Waals surface area contributed by atoms with Crippen molar-refractivity contribution in [3.8, 4) is 0 Å². The third-order valence-electron chi connectivity index (χ3n) is 9.94. The predicted molar refractivity (Wildman–Crippen MR) is 193 cm³/mol. The van der Waals surface area contributed by atoms with E-state index in [-0.39, 0.29) is 37.5 Å². The smallest absolute Gasteiger partial charge is 0.305 e. The summed E-state index contributed by atoms with van der Waals surface area (Å²) in [6.45, 7) is 7.55. The molecule has 2 fully saturated rings. The summed E-state index contributed by atoms with van der Waals surface area (Å²) >= 11 is 0. The van der Waals surface area contributed by atoms with Gasteiger partial charge in [-0.15, -0.1) is 0 Å². The number of esters is 2. The molecule has 48 heavy (non-hydrogen) atoms. The summed E-state index contributed by atoms with van der Waals surface area (Å²) in [4.78, 5) is 28.9. The van der Waals surface area contributed by atoms with E-state index in [4.69, 9.17) is 14.2 Å². The lowest BCUT2D eigenvalue weighted by Gasteiger charge is -2.21. The molecule has 0 aliphatic carbocycles. The zero-order chi connectivity index (χ0) is 34.7. The Kier molecular flexibility index (Phi) is 25.4. The van der Waals surface area contributed by atoms with E-state index >= 15 is 0 Å². The molecule has 0 aromatic rings. The number of rotatable bonds is 33. The summed E-state index contributed by atoms with van der Waals surface area (Å²) in [5.41, 5.74) is 0. The van der Waals surface area contributed by atoms with Crippen LogP contribution in [0.4, 0.5) is 0 Å². The Bertz CT molecular complexity index is 746. The first kappa shape index (κ1) is 42.9. The number of likely N-dealkylation sites (tertiary alicyclic amines) is 1. The zero-order valence-electron chi connectivity index (χ0n) is 31.1. The summed E-state index contributed by atoms with van der Waals surface area (Å²) in [6, 6.07) is 0. The number of ether oxygens (including phenoxy) is 3. The third kappa shape index (κ3) is 21.7. The van der Waals surface area contributed by atoms with Gasteiger partial charge in [0.25, 0.3) is 0 Å². The Morgan fingerprint density at radius 2 is 0.958 bits per heavy atom. The van der Waals surface area contributed by atoms with Crippen LogP contribution >= 0.6 is 0 Å². The maximum absolute atomic E-state index is 12.4. The van der Waals surface area contributed by atoms with Crippen LogP contribution in [0.25, 0.3) is 0 Å². The van der Waals surface area contributed by atoms with Crippen LogP contribution in [0, 0.1) is 0 Å². The number of hydrogen-bond donors (Lipinski definition) is 2. The van der Waals surface area contributed by atoms with E-state index < -0.39 is 12.2 Å². The fourth-order valence-electron chi connectivity index (χ4n) is 6.77. The molecule has 0 amide bonds. The van der Waals surface area contributed by atoms with E-state index in [1.165, 1.54) is 116 Å². The van der Waals surface area contributed by atoms with Gasteiger partial charge in [-0.2, -0.15) is 0 Å². The largest absolute Gasteiger partial charge is 0.464 e. The number of aliphatic hydroxyl groups is 2. The maximum atomic E-state index is 12.4. The van der Waals surface area contributed by atoms with Crippen molar-refractivity contribution in [1.29, 1.82) is 0 Å². The normalized spacial score (nSPS) is 20.9. The molecule has 0 aromatic heterocycles. The number of aliphatic hydroxyl groups excluding tert-OH is 2. The highest BCUT2D eigenvalue weighted by atomic mass is 16.6. The van der Waals surface area contributed by atoms with Crippen molar-refractivity contribution < 1.29 is 34.0 Å². The average Bonchev–Trinajstić information content (AvgIpc) is 3.75. The molecule has 0 bridgehead atoms. The van der Waals surface area contributed by atoms with Crippen molar-refractivity contribution in [2.45, 2.75) is 192 Å². The fraction of sp³-hybridized carbons (Fsp3) is 0.949. The SMILES string of the molecule is CCCCCCCCCCCCCC(=O)OCCN(CCOC(=O)CCCCCCCCCCCCC)C1OC1CN1C[C@H](O)[C@@H](O)C1. The molecule has 0 radical (unpaired) electrons. The van der Waals surface area contributed by atoms with Gasteiger partial charge in [0.1, 0.15) is 25.5 Å². The Morgan fingerprint density at radius 1 is 0.604 bits per heavy atom. The van der Waals surface area contributed by atoms with Crippen molar-refractivity contribution in [1.82, 2.24) is 9.80 Å². The molecule has 2 aliphatic heterocycles. The second kappa shape index (κ2) is 28.4. The first-order valence-electron chi connectivity index (χ1n) is 20.2. The van der Waals surface area contributed by atoms with Crippen LogP contribution in [0.5, 0.6) is 0 Å². The molecule has 0 spiro atoms. The molecule has 2 heterocycles. The van der Waals surface area contributed by atoms with Gasteiger partial charge in [-0.3, -0.25) is 19.4 Å². The van der Waals surface area contributed by atoms with Crippen molar-refractivity contribution in [2.75, 3.05) is 45.9 Å². The van der Waals surface area contributed by atoms with Gasteiger partial charge < -0.3 is 24.4 Å². The van der Waals surface area contributed by atoms with Gasteiger partial charge >= 0.3 is 11.9 Å². The summed E-state index contributed by atoms with van der Waals surface area (Å²) in [7, 11) is 0. The highest BCUT2D eigenvalue weighted by Crippen LogP contribution is 2.28. The molecule has 4 atom stereocenters. The van der Waals surface area contributed by atoms with E-state index in [0.29, 0.717) is 45.6 Å². The van der Waals surface area contributed by atoms with Crippen LogP contribution in [-0.2, 0) is 23.8 Å². The molecule has 0 saturated carbocycles. The monoisotopic (exact) mass is 683 g/mol. The lowest BCUT2D eigenvalue weighted by Crippen LogP contribution is -2.37. The number of epoxide rings is 1. The van der Waals surface area contributed by atoms with Crippen LogP contribution in [0.2, 0.25) is 0 Å². The van der Waals surface area contributed by atoms with Crippen molar-refractivity contribution in [3.63, 3.8) is 0 Å². The van der Waals surface area contributed by atoms with E-state index in [0.717, 1.165) is 25.7 Å². The quantitative estimate of drug-likeness (QED) is 0.0412. The number of β-amino-alcohol motifs (C(OH)–C–C–N with tert-alkyl or cyclic N) is 2. The van der Waals surface area contributed by atoms with Crippen LogP contribution in [-0.4, -0.2) is 102 Å². The van der Waals surface area contributed by atoms with Crippen LogP contribution in [0.15, 0.2) is 0 Å². The number of nitrogens with zero attached hydrogens (tertiary/aromatic N) is 2. The Labute approximate surface area is 293 Å². The first-order chi connectivity index (χ1) is 23.4. The molecule has 9 heteroatoms. The molecule has 2 aliphatic rings. The van der Waals surface area contributed by atoms with Gasteiger partial charge in [-0.1, -0.05) is 142 Å². The van der Waals surface area contributed by atoms with Gasteiger partial charge in [0.2, 0.25) is 0 Å². The second-order valence-electron chi connectivity index (χ2n) is 14.5. The van der Waals surface area contributed by atoms with Gasteiger partial charge in [0.05, 0.1) is 12.2 Å². The number of carbonyl (C=O) groups excluding carboxylic acids is 2. The number of hydrogen-bond acceptors (Lipinski definition) is 9. The fourth-order valence-corrected chi connectivity index (χ4v) is 6.77. The standard InChI is InChI=1S/C39H74N2O7/c1-3-5-7-9-11-13-15-17-19-21-23-25-37(44)46-29-27-41(39-36(48-39)33-40-31-34(42)35(43)32-40)28-30-47-38(45)26-24-22-20-18-16-14-12-10-8-6-4-2/h34-36,39,42-43H,3-33H2,1-2H3/t34-,35-,36?,39?/m0/s1. The van der Waals surface area contributed by atoms with Gasteiger partial charge in [-0.05, 0) is 12.8 Å². The van der Waals surface area contributed by atoms with E-state index in [2.05, 4.69) is 18.7 Å². The second-order valence-corrected chi connectivity index (χ2v) is 14.5. The minimum atomic E-state index is -0.724. The molecular weight excluding hydrogens is 608 g/mol. The third-order valence-corrected chi connectivity index (χ3v) is 9.94. The topological polar surface area (TPSA) is 112 Å². The zero-order valence-corrected chi connectivity index (χ0v) is 31.1.